The number of hydrogen-bond acceptors (Lipinski definition) is 5. The second-order valence-corrected chi connectivity index (χ2v) is 8.01. The Morgan fingerprint density at radius 1 is 1.14 bits per heavy atom. The molecular formula is C22H21NO4S. The van der Waals surface area contributed by atoms with E-state index in [0.717, 1.165) is 10.4 Å². The Bertz CT molecular complexity index is 933. The van der Waals surface area contributed by atoms with Crippen LogP contribution < -0.4 is 5.32 Å². The summed E-state index contributed by atoms with van der Waals surface area (Å²) < 4.78 is 5.26. The van der Waals surface area contributed by atoms with Gasteiger partial charge in [0.05, 0.1) is 6.61 Å². The third kappa shape index (κ3) is 3.29. The van der Waals surface area contributed by atoms with Gasteiger partial charge in [0, 0.05) is 34.4 Å². The van der Waals surface area contributed by atoms with Gasteiger partial charge in [0.25, 0.3) is 0 Å². The van der Waals surface area contributed by atoms with Crippen molar-refractivity contribution >= 4 is 29.0 Å². The minimum atomic E-state index is -0.876. The van der Waals surface area contributed by atoms with Crippen molar-refractivity contribution in [1.29, 1.82) is 0 Å². The number of nitrogens with one attached hydrogen (secondary N) is 1. The number of carbonyl (C=O) groups is 3. The molecular weight excluding hydrogens is 374 g/mol. The van der Waals surface area contributed by atoms with E-state index in [1.165, 1.54) is 11.3 Å². The first-order chi connectivity index (χ1) is 13.6. The van der Waals surface area contributed by atoms with Gasteiger partial charge in [-0.05, 0) is 30.4 Å². The molecule has 2 aliphatic rings. The van der Waals surface area contributed by atoms with Crippen molar-refractivity contribution in [2.45, 2.75) is 31.6 Å². The van der Waals surface area contributed by atoms with Crippen molar-refractivity contribution in [1.82, 2.24) is 5.32 Å². The van der Waals surface area contributed by atoms with E-state index in [9.17, 15) is 14.4 Å². The predicted molar refractivity (Wildman–Crippen MR) is 106 cm³/mol. The van der Waals surface area contributed by atoms with Crippen LogP contribution in [0, 0.1) is 5.92 Å². The molecule has 1 aliphatic heterocycles. The van der Waals surface area contributed by atoms with Crippen LogP contribution >= 0.6 is 11.3 Å². The zero-order valence-corrected chi connectivity index (χ0v) is 16.3. The lowest BCUT2D eigenvalue weighted by atomic mass is 9.69. The lowest BCUT2D eigenvalue weighted by Crippen LogP contribution is -2.44. The molecule has 1 aromatic carbocycles. The van der Waals surface area contributed by atoms with Gasteiger partial charge in [0.1, 0.15) is 5.92 Å². The van der Waals surface area contributed by atoms with E-state index in [2.05, 4.69) is 5.32 Å². The zero-order valence-electron chi connectivity index (χ0n) is 15.5. The lowest BCUT2D eigenvalue weighted by molar-refractivity contribution is -0.152. The summed E-state index contributed by atoms with van der Waals surface area (Å²) >= 11 is 1.51. The fraction of sp³-hybridized carbons (Fsp3) is 0.318. The molecule has 3 unspecified atom stereocenters. The molecule has 2 heterocycles. The monoisotopic (exact) mass is 395 g/mol. The SMILES string of the molecule is CCOC(=O)C1C(=O)C2=C(CC1c1cccs1)NC(=O)CC2c1ccccc1. The fourth-order valence-corrected chi connectivity index (χ4v) is 5.06. The van der Waals surface area contributed by atoms with Crippen molar-refractivity contribution in [2.24, 2.45) is 5.92 Å². The van der Waals surface area contributed by atoms with E-state index in [1.807, 2.05) is 47.8 Å². The molecule has 1 aromatic heterocycles. The normalized spacial score (nSPS) is 24.5. The summed E-state index contributed by atoms with van der Waals surface area (Å²) in [5.41, 5.74) is 2.11. The largest absolute Gasteiger partial charge is 0.465 e. The molecule has 5 nitrogen and oxygen atoms in total. The van der Waals surface area contributed by atoms with Crippen molar-refractivity contribution in [3.63, 3.8) is 0 Å². The van der Waals surface area contributed by atoms with Crippen LogP contribution in [0.2, 0.25) is 0 Å². The number of hydrogen-bond donors (Lipinski definition) is 1. The number of thiophene rings is 1. The molecule has 1 aliphatic carbocycles. The van der Waals surface area contributed by atoms with Crippen LogP contribution in [0.1, 0.15) is 42.0 Å². The molecule has 28 heavy (non-hydrogen) atoms. The molecule has 4 rings (SSSR count). The number of ketones is 1. The molecule has 144 valence electrons. The Hall–Kier alpha value is -2.73. The number of Topliss-reactive ketones (excluding diaryl/α,β-unsaturated/α-hetero) is 1. The van der Waals surface area contributed by atoms with Gasteiger partial charge >= 0.3 is 5.97 Å². The minimum Gasteiger partial charge on any atom is -0.465 e. The molecule has 0 spiro atoms. The highest BCUT2D eigenvalue weighted by Gasteiger charge is 2.47. The van der Waals surface area contributed by atoms with Gasteiger partial charge in [-0.1, -0.05) is 36.4 Å². The van der Waals surface area contributed by atoms with Crippen molar-refractivity contribution in [3.8, 4) is 0 Å². The maximum absolute atomic E-state index is 13.6. The average molecular weight is 395 g/mol. The van der Waals surface area contributed by atoms with E-state index in [4.69, 9.17) is 4.74 Å². The summed E-state index contributed by atoms with van der Waals surface area (Å²) in [5.74, 6) is -2.34. The maximum atomic E-state index is 13.6. The summed E-state index contributed by atoms with van der Waals surface area (Å²) in [5, 5.41) is 4.83. The Morgan fingerprint density at radius 2 is 1.93 bits per heavy atom. The van der Waals surface area contributed by atoms with E-state index in [-0.39, 0.29) is 36.6 Å². The molecule has 6 heteroatoms. The molecule has 1 amide bonds. The summed E-state index contributed by atoms with van der Waals surface area (Å²) in [6.45, 7) is 1.97. The van der Waals surface area contributed by atoms with Gasteiger partial charge in [0.2, 0.25) is 5.91 Å². The third-order valence-electron chi connectivity index (χ3n) is 5.38. The molecule has 0 radical (unpaired) electrons. The Kier molecular flexibility index (Phi) is 5.13. The van der Waals surface area contributed by atoms with Crippen LogP contribution in [0.15, 0.2) is 59.1 Å². The highest BCUT2D eigenvalue weighted by atomic mass is 32.1. The Labute approximate surface area is 167 Å². The number of benzene rings is 1. The number of rotatable bonds is 4. The van der Waals surface area contributed by atoms with Gasteiger partial charge in [-0.25, -0.2) is 0 Å². The van der Waals surface area contributed by atoms with E-state index >= 15 is 0 Å². The van der Waals surface area contributed by atoms with Crippen LogP contribution in [0.25, 0.3) is 0 Å². The van der Waals surface area contributed by atoms with Gasteiger partial charge < -0.3 is 10.1 Å². The number of carbonyl (C=O) groups excluding carboxylic acids is 3. The van der Waals surface area contributed by atoms with Crippen molar-refractivity contribution < 1.29 is 19.1 Å². The topological polar surface area (TPSA) is 72.5 Å². The van der Waals surface area contributed by atoms with Gasteiger partial charge in [-0.3, -0.25) is 14.4 Å². The molecule has 0 saturated heterocycles. The molecule has 0 fully saturated rings. The number of ether oxygens (including phenoxy) is 1. The van der Waals surface area contributed by atoms with E-state index in [0.29, 0.717) is 17.7 Å². The zero-order chi connectivity index (χ0) is 19.7. The number of allylic oxidation sites excluding steroid dienone is 2. The average Bonchev–Trinajstić information content (AvgIpc) is 3.22. The van der Waals surface area contributed by atoms with Gasteiger partial charge in [-0.2, -0.15) is 0 Å². The third-order valence-corrected chi connectivity index (χ3v) is 6.38. The van der Waals surface area contributed by atoms with Crippen LogP contribution in [0.5, 0.6) is 0 Å². The van der Waals surface area contributed by atoms with Crippen LogP contribution in [0.3, 0.4) is 0 Å². The van der Waals surface area contributed by atoms with Crippen LogP contribution in [-0.4, -0.2) is 24.3 Å². The summed E-state index contributed by atoms with van der Waals surface area (Å²) in [4.78, 5) is 39.6. The van der Waals surface area contributed by atoms with Crippen molar-refractivity contribution in [3.05, 3.63) is 69.6 Å². The quantitative estimate of drug-likeness (QED) is 0.635. The summed E-state index contributed by atoms with van der Waals surface area (Å²) in [6.07, 6.45) is 0.647. The smallest absolute Gasteiger partial charge is 0.317 e. The van der Waals surface area contributed by atoms with Crippen LogP contribution in [-0.2, 0) is 19.1 Å². The second kappa shape index (κ2) is 7.72. The fourth-order valence-electron chi connectivity index (χ4n) is 4.19. The molecule has 3 atom stereocenters. The number of amides is 1. The second-order valence-electron chi connectivity index (χ2n) is 7.03. The molecule has 0 bridgehead atoms. The van der Waals surface area contributed by atoms with Gasteiger partial charge in [0.15, 0.2) is 5.78 Å². The van der Waals surface area contributed by atoms with Gasteiger partial charge in [-0.15, -0.1) is 11.3 Å². The summed E-state index contributed by atoms with van der Waals surface area (Å²) in [6, 6.07) is 13.4. The lowest BCUT2D eigenvalue weighted by Gasteiger charge is -2.37. The Balaban J connectivity index is 1.81. The first-order valence-corrected chi connectivity index (χ1v) is 10.3. The Morgan fingerprint density at radius 3 is 2.61 bits per heavy atom. The van der Waals surface area contributed by atoms with E-state index in [1.54, 1.807) is 6.92 Å². The summed E-state index contributed by atoms with van der Waals surface area (Å²) in [7, 11) is 0. The minimum absolute atomic E-state index is 0.0973. The molecule has 2 aromatic rings. The molecule has 1 N–H and O–H groups in total. The molecule has 0 saturated carbocycles. The van der Waals surface area contributed by atoms with E-state index < -0.39 is 11.9 Å². The highest BCUT2D eigenvalue weighted by Crippen LogP contribution is 2.46. The van der Waals surface area contributed by atoms with Crippen molar-refractivity contribution in [2.75, 3.05) is 6.61 Å². The maximum Gasteiger partial charge on any atom is 0.317 e. The number of esters is 1. The predicted octanol–water partition coefficient (Wildman–Crippen LogP) is 3.54. The first kappa shape index (κ1) is 18.6. The first-order valence-electron chi connectivity index (χ1n) is 9.42. The highest BCUT2D eigenvalue weighted by molar-refractivity contribution is 7.10. The standard InChI is InChI=1S/C22H21NO4S/c1-2-27-22(26)20-15(17-9-6-10-28-17)11-16-19(21(20)25)14(12-18(24)23-16)13-7-4-3-5-8-13/h3-10,14-15,20H,2,11-12H2,1H3,(H,23,24). The van der Waals surface area contributed by atoms with Crippen LogP contribution in [0.4, 0.5) is 0 Å².